The van der Waals surface area contributed by atoms with Crippen molar-refractivity contribution in [2.24, 2.45) is 5.73 Å². The van der Waals surface area contributed by atoms with Gasteiger partial charge in [-0.05, 0) is 0 Å². The fourth-order valence-electron chi connectivity index (χ4n) is 0.0821. The predicted octanol–water partition coefficient (Wildman–Crippen LogP) is -0.0915. The van der Waals surface area contributed by atoms with Crippen molar-refractivity contribution in [2.45, 2.75) is 3.92 Å². The largest absolute Gasteiger partial charge is 0.368 e. The summed E-state index contributed by atoms with van der Waals surface area (Å²) in [6.07, 6.45) is 4.81. The quantitative estimate of drug-likeness (QED) is 0.366. The summed E-state index contributed by atoms with van der Waals surface area (Å²) in [5.74, 6) is 1.72. The highest BCUT2D eigenvalue weighted by atomic mass is 127. The predicted molar refractivity (Wildman–Crippen MR) is 35.8 cm³/mol. The number of terminal acetylenes is 1. The minimum Gasteiger partial charge on any atom is -0.368 e. The van der Waals surface area contributed by atoms with Crippen LogP contribution in [0.15, 0.2) is 0 Å². The lowest BCUT2D eigenvalue weighted by molar-refractivity contribution is -0.116. The Labute approximate surface area is 55.6 Å². The molecule has 0 radical (unpaired) electrons. The van der Waals surface area contributed by atoms with Gasteiger partial charge in [-0.25, -0.2) is 0 Å². The standard InChI is InChI=1S/C4H4INO/c1-2-3(5)4(6)7/h1,3H,(H2,6,7). The van der Waals surface area contributed by atoms with Crippen molar-refractivity contribution in [1.29, 1.82) is 0 Å². The van der Waals surface area contributed by atoms with E-state index < -0.39 is 9.83 Å². The normalized spacial score (nSPS) is 12.0. The molecule has 0 spiro atoms. The molecule has 7 heavy (non-hydrogen) atoms. The molecule has 0 aromatic rings. The second kappa shape index (κ2) is 2.86. The number of halogens is 1. The summed E-state index contributed by atoms with van der Waals surface area (Å²) in [4.78, 5) is 10.0. The molecule has 0 saturated carbocycles. The van der Waals surface area contributed by atoms with Crippen LogP contribution in [-0.2, 0) is 4.79 Å². The van der Waals surface area contributed by atoms with E-state index in [4.69, 9.17) is 12.2 Å². The lowest BCUT2D eigenvalue weighted by atomic mass is 10.4. The second-order valence-electron chi connectivity index (χ2n) is 0.932. The van der Waals surface area contributed by atoms with Gasteiger partial charge in [-0.2, -0.15) is 0 Å². The number of nitrogens with two attached hydrogens (primary N) is 1. The minimum atomic E-state index is -0.461. The van der Waals surface area contributed by atoms with Crippen molar-refractivity contribution < 1.29 is 4.79 Å². The maximum Gasteiger partial charge on any atom is 0.242 e. The molecule has 0 fully saturated rings. The number of hydrogen-bond donors (Lipinski definition) is 1. The van der Waals surface area contributed by atoms with Crippen LogP contribution in [-0.4, -0.2) is 9.83 Å². The van der Waals surface area contributed by atoms with E-state index in [1.807, 2.05) is 0 Å². The first-order valence-electron chi connectivity index (χ1n) is 1.58. The third-order valence-corrected chi connectivity index (χ3v) is 1.37. The third-order valence-electron chi connectivity index (χ3n) is 0.396. The first-order chi connectivity index (χ1) is 3.18. The fourth-order valence-corrected chi connectivity index (χ4v) is 0.0821. The van der Waals surface area contributed by atoms with E-state index in [9.17, 15) is 4.79 Å². The van der Waals surface area contributed by atoms with Crippen molar-refractivity contribution in [1.82, 2.24) is 0 Å². The Kier molecular flexibility index (Phi) is 2.76. The fraction of sp³-hybridized carbons (Fsp3) is 0.250. The molecule has 0 bridgehead atoms. The van der Waals surface area contributed by atoms with Gasteiger partial charge >= 0.3 is 0 Å². The first kappa shape index (κ1) is 6.76. The number of rotatable bonds is 1. The molecule has 0 aliphatic heterocycles. The Balaban J connectivity index is 3.63. The number of amides is 1. The van der Waals surface area contributed by atoms with E-state index >= 15 is 0 Å². The van der Waals surface area contributed by atoms with Crippen LogP contribution in [0, 0.1) is 12.3 Å². The van der Waals surface area contributed by atoms with E-state index in [1.165, 1.54) is 0 Å². The van der Waals surface area contributed by atoms with Crippen molar-refractivity contribution in [2.75, 3.05) is 0 Å². The monoisotopic (exact) mass is 209 g/mol. The van der Waals surface area contributed by atoms with Gasteiger partial charge in [-0.3, -0.25) is 4.79 Å². The van der Waals surface area contributed by atoms with Gasteiger partial charge < -0.3 is 5.73 Å². The molecule has 0 heterocycles. The van der Waals surface area contributed by atoms with Gasteiger partial charge in [0.15, 0.2) is 0 Å². The van der Waals surface area contributed by atoms with E-state index in [0.29, 0.717) is 0 Å². The van der Waals surface area contributed by atoms with Gasteiger partial charge in [0.05, 0.1) is 0 Å². The number of hydrogen-bond acceptors (Lipinski definition) is 1. The maximum atomic E-state index is 10.0. The molecule has 0 aliphatic rings. The number of carbonyl (C=O) groups excluding carboxylic acids is 1. The SMILES string of the molecule is C#CC(I)C(N)=O. The molecular formula is C4H4INO. The molecule has 0 saturated heterocycles. The van der Waals surface area contributed by atoms with Crippen molar-refractivity contribution in [3.05, 3.63) is 0 Å². The van der Waals surface area contributed by atoms with E-state index in [0.717, 1.165) is 0 Å². The topological polar surface area (TPSA) is 43.1 Å². The van der Waals surface area contributed by atoms with Crippen LogP contribution in [0.3, 0.4) is 0 Å². The highest BCUT2D eigenvalue weighted by molar-refractivity contribution is 14.1. The van der Waals surface area contributed by atoms with Crippen LogP contribution in [0.1, 0.15) is 0 Å². The van der Waals surface area contributed by atoms with Crippen molar-refractivity contribution in [3.8, 4) is 12.3 Å². The summed E-state index contributed by atoms with van der Waals surface area (Å²) in [5.41, 5.74) is 4.76. The van der Waals surface area contributed by atoms with Crippen LogP contribution in [0.25, 0.3) is 0 Å². The average molecular weight is 209 g/mol. The molecule has 1 unspecified atom stereocenters. The lowest BCUT2D eigenvalue weighted by Gasteiger charge is -1.88. The Morgan fingerprint density at radius 3 is 2.43 bits per heavy atom. The van der Waals surface area contributed by atoms with Crippen LogP contribution >= 0.6 is 22.6 Å². The number of carbonyl (C=O) groups is 1. The first-order valence-corrected chi connectivity index (χ1v) is 2.82. The maximum absolute atomic E-state index is 10.0. The van der Waals surface area contributed by atoms with E-state index in [2.05, 4.69) is 5.92 Å². The molecule has 2 N–H and O–H groups in total. The van der Waals surface area contributed by atoms with E-state index in [-0.39, 0.29) is 0 Å². The molecule has 0 aromatic carbocycles. The summed E-state index contributed by atoms with van der Waals surface area (Å²) in [6, 6.07) is 0. The van der Waals surface area contributed by atoms with Gasteiger partial charge in [-0.1, -0.05) is 28.5 Å². The van der Waals surface area contributed by atoms with Gasteiger partial charge in [0.25, 0.3) is 0 Å². The van der Waals surface area contributed by atoms with Crippen LogP contribution in [0.2, 0.25) is 0 Å². The highest BCUT2D eigenvalue weighted by Gasteiger charge is 2.02. The lowest BCUT2D eigenvalue weighted by Crippen LogP contribution is -2.20. The Morgan fingerprint density at radius 1 is 2.00 bits per heavy atom. The summed E-state index contributed by atoms with van der Waals surface area (Å²) in [6.45, 7) is 0. The molecule has 0 rings (SSSR count). The molecule has 0 aliphatic carbocycles. The van der Waals surface area contributed by atoms with Gasteiger partial charge in [0.1, 0.15) is 3.92 Å². The second-order valence-corrected chi connectivity index (χ2v) is 2.18. The van der Waals surface area contributed by atoms with Gasteiger partial charge in [0, 0.05) is 0 Å². The highest BCUT2D eigenvalue weighted by Crippen LogP contribution is 1.93. The van der Waals surface area contributed by atoms with Crippen molar-refractivity contribution in [3.63, 3.8) is 0 Å². The summed E-state index contributed by atoms with van der Waals surface area (Å²) < 4.78 is -0.461. The summed E-state index contributed by atoms with van der Waals surface area (Å²) in [5, 5.41) is 0. The van der Waals surface area contributed by atoms with E-state index in [1.54, 1.807) is 22.6 Å². The average Bonchev–Trinajstić information content (AvgIpc) is 1.65. The van der Waals surface area contributed by atoms with Crippen molar-refractivity contribution >= 4 is 28.5 Å². The zero-order chi connectivity index (χ0) is 5.86. The Hall–Kier alpha value is -0.240. The minimum absolute atomic E-state index is 0.455. The number of alkyl halides is 1. The smallest absolute Gasteiger partial charge is 0.242 e. The molecule has 0 aromatic heterocycles. The molecular weight excluding hydrogens is 205 g/mol. The zero-order valence-corrected chi connectivity index (χ0v) is 5.68. The molecule has 1 amide bonds. The summed E-state index contributed by atoms with van der Waals surface area (Å²) in [7, 11) is 0. The zero-order valence-electron chi connectivity index (χ0n) is 3.52. The molecule has 3 heteroatoms. The van der Waals surface area contributed by atoms with Crippen LogP contribution in [0.4, 0.5) is 0 Å². The summed E-state index contributed by atoms with van der Waals surface area (Å²) >= 11 is 1.78. The third kappa shape index (κ3) is 2.45. The number of primary amides is 1. The Morgan fingerprint density at radius 2 is 2.43 bits per heavy atom. The molecule has 1 atom stereocenters. The molecule has 38 valence electrons. The Bertz CT molecular complexity index is 115. The van der Waals surface area contributed by atoms with Crippen LogP contribution < -0.4 is 5.73 Å². The van der Waals surface area contributed by atoms with Crippen LogP contribution in [0.5, 0.6) is 0 Å². The molecule has 2 nitrogen and oxygen atoms in total. The van der Waals surface area contributed by atoms with Gasteiger partial charge in [0.2, 0.25) is 5.91 Å². The van der Waals surface area contributed by atoms with Gasteiger partial charge in [-0.15, -0.1) is 6.42 Å².